The standard InChI is InChI=1S/C29H37N3O5/c1-6-37-29(34)21-11-13-31(14-12-21)18-28(33)32-26(24-10-8-22(35-4)16-27(24)36-5)17-25(30-32)23-9-7-19(2)15-20(23)3/h7-10,15-16,21,26H,6,11-14,17-18H2,1-5H3/t26-/m0/s1. The fourth-order valence-corrected chi connectivity index (χ4v) is 5.23. The van der Waals surface area contributed by atoms with E-state index in [4.69, 9.17) is 19.3 Å². The number of benzene rings is 2. The normalized spacial score (nSPS) is 18.5. The van der Waals surface area contributed by atoms with Crippen LogP contribution in [-0.2, 0) is 14.3 Å². The monoisotopic (exact) mass is 507 g/mol. The molecule has 1 saturated heterocycles. The molecule has 0 N–H and O–H groups in total. The van der Waals surface area contributed by atoms with Crippen molar-refractivity contribution in [3.63, 3.8) is 0 Å². The number of hydrogen-bond donors (Lipinski definition) is 0. The number of rotatable bonds is 8. The van der Waals surface area contributed by atoms with Crippen molar-refractivity contribution in [2.24, 2.45) is 11.0 Å². The first-order valence-corrected chi connectivity index (χ1v) is 12.9. The lowest BCUT2D eigenvalue weighted by Gasteiger charge is -2.32. The molecule has 198 valence electrons. The maximum Gasteiger partial charge on any atom is 0.309 e. The van der Waals surface area contributed by atoms with Crippen LogP contribution in [0.25, 0.3) is 0 Å². The zero-order valence-electron chi connectivity index (χ0n) is 22.5. The molecular weight excluding hydrogens is 470 g/mol. The summed E-state index contributed by atoms with van der Waals surface area (Å²) in [4.78, 5) is 27.9. The molecule has 0 aromatic heterocycles. The average molecular weight is 508 g/mol. The molecule has 2 aromatic carbocycles. The van der Waals surface area contributed by atoms with Crippen LogP contribution in [-0.4, -0.2) is 68.0 Å². The van der Waals surface area contributed by atoms with Crippen LogP contribution >= 0.6 is 0 Å². The number of carbonyl (C=O) groups excluding carboxylic acids is 2. The molecule has 37 heavy (non-hydrogen) atoms. The molecule has 0 saturated carbocycles. The predicted octanol–water partition coefficient (Wildman–Crippen LogP) is 4.27. The highest BCUT2D eigenvalue weighted by Crippen LogP contribution is 2.39. The highest BCUT2D eigenvalue weighted by atomic mass is 16.5. The van der Waals surface area contributed by atoms with E-state index in [2.05, 4.69) is 36.9 Å². The third-order valence-electron chi connectivity index (χ3n) is 7.22. The SMILES string of the molecule is CCOC(=O)C1CCN(CC(=O)N2N=C(c3ccc(C)cc3C)C[C@H]2c2ccc(OC)cc2OC)CC1. The number of likely N-dealkylation sites (tertiary alicyclic amines) is 1. The van der Waals surface area contributed by atoms with Crippen LogP contribution in [0.5, 0.6) is 11.5 Å². The fourth-order valence-electron chi connectivity index (χ4n) is 5.23. The summed E-state index contributed by atoms with van der Waals surface area (Å²) in [7, 11) is 3.24. The van der Waals surface area contributed by atoms with E-state index < -0.39 is 0 Å². The molecule has 1 atom stereocenters. The Morgan fingerprint density at radius 2 is 1.78 bits per heavy atom. The van der Waals surface area contributed by atoms with Crippen molar-refractivity contribution < 1.29 is 23.8 Å². The molecule has 1 fully saturated rings. The smallest absolute Gasteiger partial charge is 0.309 e. The van der Waals surface area contributed by atoms with Crippen molar-refractivity contribution in [3.8, 4) is 11.5 Å². The molecule has 8 nitrogen and oxygen atoms in total. The van der Waals surface area contributed by atoms with Gasteiger partial charge in [-0.2, -0.15) is 5.10 Å². The van der Waals surface area contributed by atoms with Gasteiger partial charge in [-0.25, -0.2) is 5.01 Å². The highest BCUT2D eigenvalue weighted by molar-refractivity contribution is 6.04. The van der Waals surface area contributed by atoms with Crippen LogP contribution < -0.4 is 9.47 Å². The average Bonchev–Trinajstić information content (AvgIpc) is 3.34. The summed E-state index contributed by atoms with van der Waals surface area (Å²) in [6.07, 6.45) is 1.97. The molecule has 0 radical (unpaired) electrons. The number of nitrogens with zero attached hydrogens (tertiary/aromatic N) is 3. The van der Waals surface area contributed by atoms with Crippen LogP contribution in [0.3, 0.4) is 0 Å². The minimum atomic E-state index is -0.291. The van der Waals surface area contributed by atoms with E-state index in [0.717, 1.165) is 22.4 Å². The number of carbonyl (C=O) groups is 2. The zero-order valence-corrected chi connectivity index (χ0v) is 22.5. The van der Waals surface area contributed by atoms with Crippen LogP contribution in [0.4, 0.5) is 0 Å². The number of hydrazone groups is 1. The lowest BCUT2D eigenvalue weighted by molar-refractivity contribution is -0.149. The summed E-state index contributed by atoms with van der Waals surface area (Å²) < 4.78 is 16.2. The second-order valence-corrected chi connectivity index (χ2v) is 9.73. The maximum atomic E-state index is 13.7. The molecule has 2 aliphatic rings. The minimum Gasteiger partial charge on any atom is -0.497 e. The number of aryl methyl sites for hydroxylation is 2. The number of piperidine rings is 1. The van der Waals surface area contributed by atoms with Gasteiger partial charge in [0.15, 0.2) is 0 Å². The zero-order chi connectivity index (χ0) is 26.5. The third-order valence-corrected chi connectivity index (χ3v) is 7.22. The van der Waals surface area contributed by atoms with Crippen molar-refractivity contribution in [1.29, 1.82) is 0 Å². The van der Waals surface area contributed by atoms with Gasteiger partial charge in [0.1, 0.15) is 11.5 Å². The quantitative estimate of drug-likeness (QED) is 0.497. The van der Waals surface area contributed by atoms with Gasteiger partial charge in [-0.15, -0.1) is 0 Å². The Bertz CT molecular complexity index is 1170. The Morgan fingerprint density at radius 3 is 2.43 bits per heavy atom. The lowest BCUT2D eigenvalue weighted by atomic mass is 9.94. The van der Waals surface area contributed by atoms with Crippen molar-refractivity contribution in [2.75, 3.05) is 40.5 Å². The summed E-state index contributed by atoms with van der Waals surface area (Å²) in [6, 6.07) is 11.7. The number of ether oxygens (including phenoxy) is 3. The van der Waals surface area contributed by atoms with Gasteiger partial charge >= 0.3 is 5.97 Å². The van der Waals surface area contributed by atoms with Gasteiger partial charge in [-0.3, -0.25) is 14.5 Å². The van der Waals surface area contributed by atoms with Gasteiger partial charge in [0, 0.05) is 23.6 Å². The van der Waals surface area contributed by atoms with E-state index in [1.807, 2.05) is 25.1 Å². The van der Waals surface area contributed by atoms with E-state index in [0.29, 0.717) is 50.5 Å². The van der Waals surface area contributed by atoms with E-state index in [-0.39, 0.29) is 30.4 Å². The molecule has 0 unspecified atom stereocenters. The molecule has 0 aliphatic carbocycles. The van der Waals surface area contributed by atoms with E-state index in [1.54, 1.807) is 19.2 Å². The van der Waals surface area contributed by atoms with Gasteiger partial charge in [0.2, 0.25) is 0 Å². The number of esters is 1. The molecule has 0 bridgehead atoms. The number of hydrogen-bond acceptors (Lipinski definition) is 7. The van der Waals surface area contributed by atoms with E-state index in [9.17, 15) is 9.59 Å². The summed E-state index contributed by atoms with van der Waals surface area (Å²) in [5.74, 6) is 1.05. The van der Waals surface area contributed by atoms with Gasteiger partial charge in [-0.05, 0) is 64.4 Å². The van der Waals surface area contributed by atoms with Crippen molar-refractivity contribution in [3.05, 3.63) is 58.7 Å². The van der Waals surface area contributed by atoms with Crippen LogP contribution in [0.1, 0.15) is 54.5 Å². The maximum absolute atomic E-state index is 13.7. The summed E-state index contributed by atoms with van der Waals surface area (Å²) in [5, 5.41) is 6.49. The predicted molar refractivity (Wildman–Crippen MR) is 142 cm³/mol. The van der Waals surface area contributed by atoms with Crippen LogP contribution in [0.15, 0.2) is 41.5 Å². The Morgan fingerprint density at radius 1 is 1.03 bits per heavy atom. The summed E-state index contributed by atoms with van der Waals surface area (Å²) in [5.41, 5.74) is 5.14. The molecule has 2 aromatic rings. The fraction of sp³-hybridized carbons (Fsp3) is 0.483. The summed E-state index contributed by atoms with van der Waals surface area (Å²) in [6.45, 7) is 7.95. The van der Waals surface area contributed by atoms with Gasteiger partial charge in [0.05, 0.1) is 45.0 Å². The first-order valence-electron chi connectivity index (χ1n) is 12.9. The molecular formula is C29H37N3O5. The second kappa shape index (κ2) is 11.8. The Kier molecular flexibility index (Phi) is 8.48. The van der Waals surface area contributed by atoms with Crippen LogP contribution in [0.2, 0.25) is 0 Å². The second-order valence-electron chi connectivity index (χ2n) is 9.73. The largest absolute Gasteiger partial charge is 0.497 e. The number of amides is 1. The third kappa shape index (κ3) is 5.96. The van der Waals surface area contributed by atoms with Gasteiger partial charge in [-0.1, -0.05) is 23.8 Å². The minimum absolute atomic E-state index is 0.0720. The highest BCUT2D eigenvalue weighted by Gasteiger charge is 2.36. The van der Waals surface area contributed by atoms with Crippen molar-refractivity contribution in [1.82, 2.24) is 9.91 Å². The first kappa shape index (κ1) is 26.7. The number of methoxy groups -OCH3 is 2. The Hall–Kier alpha value is -3.39. The van der Waals surface area contributed by atoms with E-state index >= 15 is 0 Å². The molecule has 2 aliphatic heterocycles. The lowest BCUT2D eigenvalue weighted by Crippen LogP contribution is -2.43. The Labute approximate surface area is 219 Å². The molecule has 4 rings (SSSR count). The Balaban J connectivity index is 1.57. The summed E-state index contributed by atoms with van der Waals surface area (Å²) >= 11 is 0. The molecule has 8 heteroatoms. The molecule has 0 spiro atoms. The topological polar surface area (TPSA) is 80.7 Å². The van der Waals surface area contributed by atoms with Crippen LogP contribution in [0, 0.1) is 19.8 Å². The van der Waals surface area contributed by atoms with Gasteiger partial charge in [0.25, 0.3) is 5.91 Å². The van der Waals surface area contributed by atoms with E-state index in [1.165, 1.54) is 5.56 Å². The first-order chi connectivity index (χ1) is 17.8. The van der Waals surface area contributed by atoms with Crippen molar-refractivity contribution >= 4 is 17.6 Å². The van der Waals surface area contributed by atoms with Crippen molar-refractivity contribution in [2.45, 2.75) is 46.1 Å². The molecule has 1 amide bonds. The molecule has 2 heterocycles. The van der Waals surface area contributed by atoms with Gasteiger partial charge < -0.3 is 14.2 Å².